The lowest BCUT2D eigenvalue weighted by Crippen LogP contribution is -2.08. The van der Waals surface area contributed by atoms with Crippen molar-refractivity contribution in [3.05, 3.63) is 24.3 Å². The Morgan fingerprint density at radius 1 is 1.38 bits per heavy atom. The van der Waals surface area contributed by atoms with Crippen LogP contribution in [0.15, 0.2) is 24.3 Å². The fourth-order valence-corrected chi connectivity index (χ4v) is 1.15. The van der Waals surface area contributed by atoms with Crippen LogP contribution in [0, 0.1) is 0 Å². The lowest BCUT2D eigenvalue weighted by molar-refractivity contribution is -0.134. The molecule has 0 saturated heterocycles. The van der Waals surface area contributed by atoms with Crippen molar-refractivity contribution in [3.63, 3.8) is 0 Å². The van der Waals surface area contributed by atoms with Gasteiger partial charge in [-0.25, -0.2) is 0 Å². The second-order valence-corrected chi connectivity index (χ2v) is 3.73. The van der Waals surface area contributed by atoms with Gasteiger partial charge in [0.2, 0.25) is 0 Å². The SMILES string of the molecule is CCC(=O)Oc1cccc(OC(Cl)CC)c1. The predicted octanol–water partition coefficient (Wildman–Crippen LogP) is 3.36. The molecule has 0 fully saturated rings. The quantitative estimate of drug-likeness (QED) is 0.451. The van der Waals surface area contributed by atoms with E-state index in [1.54, 1.807) is 31.2 Å². The lowest BCUT2D eigenvalue weighted by atomic mass is 10.3. The predicted molar refractivity (Wildman–Crippen MR) is 62.9 cm³/mol. The summed E-state index contributed by atoms with van der Waals surface area (Å²) in [5, 5.41) is 0. The Balaban J connectivity index is 2.67. The van der Waals surface area contributed by atoms with Gasteiger partial charge in [-0.3, -0.25) is 4.79 Å². The summed E-state index contributed by atoms with van der Waals surface area (Å²) in [6.45, 7) is 3.67. The van der Waals surface area contributed by atoms with Crippen LogP contribution in [0.3, 0.4) is 0 Å². The summed E-state index contributed by atoms with van der Waals surface area (Å²) in [7, 11) is 0. The van der Waals surface area contributed by atoms with E-state index in [0.717, 1.165) is 0 Å². The fraction of sp³-hybridized carbons (Fsp3) is 0.417. The molecule has 1 unspecified atom stereocenters. The van der Waals surface area contributed by atoms with Crippen LogP contribution in [0.2, 0.25) is 0 Å². The number of esters is 1. The number of hydrogen-bond donors (Lipinski definition) is 0. The highest BCUT2D eigenvalue weighted by atomic mass is 35.5. The molecule has 0 N–H and O–H groups in total. The summed E-state index contributed by atoms with van der Waals surface area (Å²) < 4.78 is 10.5. The molecule has 0 aliphatic rings. The van der Waals surface area contributed by atoms with Gasteiger partial charge in [0.05, 0.1) is 0 Å². The zero-order valence-electron chi connectivity index (χ0n) is 9.40. The highest BCUT2D eigenvalue weighted by molar-refractivity contribution is 6.19. The second kappa shape index (κ2) is 6.38. The van der Waals surface area contributed by atoms with Crippen molar-refractivity contribution in [2.45, 2.75) is 32.3 Å². The van der Waals surface area contributed by atoms with E-state index in [2.05, 4.69) is 0 Å². The van der Waals surface area contributed by atoms with Crippen LogP contribution >= 0.6 is 11.6 Å². The third kappa shape index (κ3) is 4.11. The summed E-state index contributed by atoms with van der Waals surface area (Å²) in [4.78, 5) is 11.1. The normalized spacial score (nSPS) is 11.9. The van der Waals surface area contributed by atoms with Gasteiger partial charge in [-0.1, -0.05) is 31.5 Å². The van der Waals surface area contributed by atoms with Crippen molar-refractivity contribution >= 4 is 17.6 Å². The van der Waals surface area contributed by atoms with Gasteiger partial charge in [0, 0.05) is 12.5 Å². The molecule has 4 heteroatoms. The molecular weight excluding hydrogens is 228 g/mol. The molecule has 1 aromatic rings. The smallest absolute Gasteiger partial charge is 0.310 e. The molecule has 16 heavy (non-hydrogen) atoms. The molecule has 0 amide bonds. The maximum absolute atomic E-state index is 11.1. The first-order valence-electron chi connectivity index (χ1n) is 5.27. The van der Waals surface area contributed by atoms with Crippen molar-refractivity contribution in [2.24, 2.45) is 0 Å². The molecule has 0 aliphatic carbocycles. The topological polar surface area (TPSA) is 35.5 Å². The largest absolute Gasteiger partial charge is 0.475 e. The molecule has 0 saturated carbocycles. The van der Waals surface area contributed by atoms with E-state index in [1.165, 1.54) is 0 Å². The van der Waals surface area contributed by atoms with Gasteiger partial charge >= 0.3 is 5.97 Å². The number of halogens is 1. The minimum absolute atomic E-state index is 0.268. The average molecular weight is 243 g/mol. The number of hydrogen-bond acceptors (Lipinski definition) is 3. The average Bonchev–Trinajstić information content (AvgIpc) is 2.29. The van der Waals surface area contributed by atoms with Gasteiger partial charge in [0.1, 0.15) is 11.5 Å². The van der Waals surface area contributed by atoms with Gasteiger partial charge in [0.15, 0.2) is 5.56 Å². The molecular formula is C12H15ClO3. The summed E-state index contributed by atoms with van der Waals surface area (Å²) >= 11 is 5.86. The maximum Gasteiger partial charge on any atom is 0.310 e. The maximum atomic E-state index is 11.1. The van der Waals surface area contributed by atoms with Crippen molar-refractivity contribution in [3.8, 4) is 11.5 Å². The number of alkyl halides is 1. The fourth-order valence-electron chi connectivity index (χ4n) is 1.05. The first kappa shape index (κ1) is 12.8. The van der Waals surface area contributed by atoms with E-state index in [9.17, 15) is 4.79 Å². The third-order valence-corrected chi connectivity index (χ3v) is 2.31. The molecule has 0 radical (unpaired) electrons. The van der Waals surface area contributed by atoms with E-state index in [1.807, 2.05) is 6.92 Å². The van der Waals surface area contributed by atoms with Crippen LogP contribution < -0.4 is 9.47 Å². The Bertz CT molecular complexity index is 352. The van der Waals surface area contributed by atoms with Crippen molar-refractivity contribution in [1.82, 2.24) is 0 Å². The van der Waals surface area contributed by atoms with Crippen LogP contribution in [0.5, 0.6) is 11.5 Å². The number of carbonyl (C=O) groups excluding carboxylic acids is 1. The Morgan fingerprint density at radius 3 is 2.69 bits per heavy atom. The Hall–Kier alpha value is -1.22. The van der Waals surface area contributed by atoms with E-state index in [-0.39, 0.29) is 11.5 Å². The number of benzene rings is 1. The minimum Gasteiger partial charge on any atom is -0.475 e. The molecule has 0 bridgehead atoms. The highest BCUT2D eigenvalue weighted by Crippen LogP contribution is 2.22. The molecule has 1 aromatic carbocycles. The van der Waals surface area contributed by atoms with Gasteiger partial charge in [-0.2, -0.15) is 0 Å². The first-order valence-corrected chi connectivity index (χ1v) is 5.70. The minimum atomic E-state index is -0.364. The van der Waals surface area contributed by atoms with Crippen LogP contribution in [0.1, 0.15) is 26.7 Å². The van der Waals surface area contributed by atoms with Gasteiger partial charge in [0.25, 0.3) is 0 Å². The number of rotatable bonds is 5. The van der Waals surface area contributed by atoms with Crippen molar-refractivity contribution < 1.29 is 14.3 Å². The zero-order valence-corrected chi connectivity index (χ0v) is 10.2. The molecule has 0 aromatic heterocycles. The van der Waals surface area contributed by atoms with E-state index < -0.39 is 0 Å². The number of carbonyl (C=O) groups is 1. The van der Waals surface area contributed by atoms with Crippen molar-refractivity contribution in [1.29, 1.82) is 0 Å². The molecule has 1 atom stereocenters. The summed E-state index contributed by atoms with van der Waals surface area (Å²) in [6, 6.07) is 6.88. The summed E-state index contributed by atoms with van der Waals surface area (Å²) in [6.07, 6.45) is 1.05. The Labute approximate surface area is 100 Å². The highest BCUT2D eigenvalue weighted by Gasteiger charge is 2.06. The Kier molecular flexibility index (Phi) is 5.12. The first-order chi connectivity index (χ1) is 7.65. The van der Waals surface area contributed by atoms with Crippen molar-refractivity contribution in [2.75, 3.05) is 0 Å². The standard InChI is InChI=1S/C12H15ClO3/c1-3-11(13)15-9-6-5-7-10(8-9)16-12(14)4-2/h5-8,11H,3-4H2,1-2H3. The van der Waals surface area contributed by atoms with Gasteiger partial charge in [-0.15, -0.1) is 0 Å². The van der Waals surface area contributed by atoms with Crippen LogP contribution in [0.25, 0.3) is 0 Å². The van der Waals surface area contributed by atoms with E-state index in [0.29, 0.717) is 24.3 Å². The third-order valence-electron chi connectivity index (χ3n) is 1.91. The molecule has 0 aliphatic heterocycles. The van der Waals surface area contributed by atoms with Crippen LogP contribution in [0.4, 0.5) is 0 Å². The molecule has 1 rings (SSSR count). The second-order valence-electron chi connectivity index (χ2n) is 3.24. The summed E-state index contributed by atoms with van der Waals surface area (Å²) in [5.74, 6) is 0.808. The zero-order chi connectivity index (χ0) is 12.0. The number of ether oxygens (including phenoxy) is 2. The van der Waals surface area contributed by atoms with E-state index in [4.69, 9.17) is 21.1 Å². The van der Waals surface area contributed by atoms with Gasteiger partial charge in [-0.05, 0) is 18.6 Å². The van der Waals surface area contributed by atoms with Crippen LogP contribution in [-0.2, 0) is 4.79 Å². The Morgan fingerprint density at radius 2 is 2.06 bits per heavy atom. The van der Waals surface area contributed by atoms with E-state index >= 15 is 0 Å². The summed E-state index contributed by atoms with van der Waals surface area (Å²) in [5.41, 5.74) is -0.364. The molecule has 3 nitrogen and oxygen atoms in total. The van der Waals surface area contributed by atoms with Crippen LogP contribution in [-0.4, -0.2) is 11.5 Å². The molecule has 88 valence electrons. The monoisotopic (exact) mass is 242 g/mol. The molecule has 0 spiro atoms. The lowest BCUT2D eigenvalue weighted by Gasteiger charge is -2.11. The molecule has 0 heterocycles. The van der Waals surface area contributed by atoms with Gasteiger partial charge < -0.3 is 9.47 Å².